The first-order valence-corrected chi connectivity index (χ1v) is 7.16. The summed E-state index contributed by atoms with van der Waals surface area (Å²) in [6.45, 7) is 6.51. The molecule has 0 aromatic carbocycles. The SMILES string of the molecule is Cc1cc(C(=O)N2CCOCC2)c(C)n1-c1ccccn1. The molecule has 3 heterocycles. The predicted octanol–water partition coefficient (Wildman–Crippen LogP) is 1.96. The Morgan fingerprint density at radius 3 is 2.67 bits per heavy atom. The molecule has 5 heteroatoms. The fourth-order valence-corrected chi connectivity index (χ4v) is 2.75. The van der Waals surface area contributed by atoms with Crippen molar-refractivity contribution in [3.05, 3.63) is 47.4 Å². The summed E-state index contributed by atoms with van der Waals surface area (Å²) >= 11 is 0. The van der Waals surface area contributed by atoms with E-state index in [9.17, 15) is 4.79 Å². The maximum atomic E-state index is 12.7. The minimum absolute atomic E-state index is 0.0774. The van der Waals surface area contributed by atoms with Crippen LogP contribution in [-0.2, 0) is 4.74 Å². The molecule has 0 aliphatic carbocycles. The van der Waals surface area contributed by atoms with E-state index in [1.165, 1.54) is 0 Å². The maximum Gasteiger partial charge on any atom is 0.255 e. The van der Waals surface area contributed by atoms with Crippen molar-refractivity contribution in [2.24, 2.45) is 0 Å². The first-order chi connectivity index (χ1) is 10.2. The molecule has 0 N–H and O–H groups in total. The Morgan fingerprint density at radius 2 is 2.00 bits per heavy atom. The van der Waals surface area contributed by atoms with Gasteiger partial charge in [-0.1, -0.05) is 6.07 Å². The highest BCUT2D eigenvalue weighted by Gasteiger charge is 2.23. The Labute approximate surface area is 124 Å². The Bertz CT molecular complexity index is 643. The number of hydrogen-bond acceptors (Lipinski definition) is 3. The molecule has 2 aromatic rings. The zero-order valence-electron chi connectivity index (χ0n) is 12.4. The van der Waals surface area contributed by atoms with Crippen LogP contribution in [0.4, 0.5) is 0 Å². The van der Waals surface area contributed by atoms with Gasteiger partial charge < -0.3 is 14.2 Å². The molecule has 1 aliphatic rings. The van der Waals surface area contributed by atoms with E-state index < -0.39 is 0 Å². The van der Waals surface area contributed by atoms with Crippen molar-refractivity contribution in [1.29, 1.82) is 0 Å². The summed E-state index contributed by atoms with van der Waals surface area (Å²) in [5.74, 6) is 0.919. The summed E-state index contributed by atoms with van der Waals surface area (Å²) in [4.78, 5) is 18.9. The lowest BCUT2D eigenvalue weighted by Gasteiger charge is -2.26. The van der Waals surface area contributed by atoms with Crippen LogP contribution in [0.25, 0.3) is 5.82 Å². The van der Waals surface area contributed by atoms with Gasteiger partial charge in [-0.3, -0.25) is 4.79 Å². The van der Waals surface area contributed by atoms with Crippen molar-refractivity contribution < 1.29 is 9.53 Å². The molecule has 2 aromatic heterocycles. The molecule has 1 amide bonds. The van der Waals surface area contributed by atoms with Crippen LogP contribution in [0.2, 0.25) is 0 Å². The van der Waals surface area contributed by atoms with Crippen molar-refractivity contribution in [1.82, 2.24) is 14.5 Å². The van der Waals surface area contributed by atoms with E-state index in [0.717, 1.165) is 22.8 Å². The van der Waals surface area contributed by atoms with Gasteiger partial charge in [0.15, 0.2) is 0 Å². The smallest absolute Gasteiger partial charge is 0.255 e. The van der Waals surface area contributed by atoms with Gasteiger partial charge in [-0.25, -0.2) is 4.98 Å². The Morgan fingerprint density at radius 1 is 1.24 bits per heavy atom. The number of carbonyl (C=O) groups is 1. The molecular weight excluding hydrogens is 266 g/mol. The Balaban J connectivity index is 1.96. The van der Waals surface area contributed by atoms with Gasteiger partial charge >= 0.3 is 0 Å². The van der Waals surface area contributed by atoms with E-state index in [0.29, 0.717) is 26.3 Å². The van der Waals surface area contributed by atoms with E-state index in [1.807, 2.05) is 47.6 Å². The monoisotopic (exact) mass is 285 g/mol. The van der Waals surface area contributed by atoms with Gasteiger partial charge in [-0.15, -0.1) is 0 Å². The van der Waals surface area contributed by atoms with E-state index in [2.05, 4.69) is 4.98 Å². The summed E-state index contributed by atoms with van der Waals surface area (Å²) in [7, 11) is 0. The third-order valence-corrected chi connectivity index (χ3v) is 3.84. The van der Waals surface area contributed by atoms with Gasteiger partial charge in [0, 0.05) is 30.7 Å². The maximum absolute atomic E-state index is 12.7. The van der Waals surface area contributed by atoms with E-state index >= 15 is 0 Å². The van der Waals surface area contributed by atoms with Gasteiger partial charge in [-0.2, -0.15) is 0 Å². The predicted molar refractivity (Wildman–Crippen MR) is 79.8 cm³/mol. The summed E-state index contributed by atoms with van der Waals surface area (Å²) in [5, 5.41) is 0. The van der Waals surface area contributed by atoms with Crippen molar-refractivity contribution >= 4 is 5.91 Å². The van der Waals surface area contributed by atoms with Crippen LogP contribution in [0, 0.1) is 13.8 Å². The Hall–Kier alpha value is -2.14. The van der Waals surface area contributed by atoms with Crippen LogP contribution < -0.4 is 0 Å². The molecule has 110 valence electrons. The number of morpholine rings is 1. The quantitative estimate of drug-likeness (QED) is 0.847. The average molecular weight is 285 g/mol. The van der Waals surface area contributed by atoms with Crippen molar-refractivity contribution in [3.8, 4) is 5.82 Å². The largest absolute Gasteiger partial charge is 0.378 e. The topological polar surface area (TPSA) is 47.4 Å². The van der Waals surface area contributed by atoms with Gasteiger partial charge in [0.1, 0.15) is 5.82 Å². The molecule has 0 radical (unpaired) electrons. The van der Waals surface area contributed by atoms with Crippen molar-refractivity contribution in [2.45, 2.75) is 13.8 Å². The third-order valence-electron chi connectivity index (χ3n) is 3.84. The number of nitrogens with zero attached hydrogens (tertiary/aromatic N) is 3. The lowest BCUT2D eigenvalue weighted by molar-refractivity contribution is 0.0302. The zero-order valence-corrected chi connectivity index (χ0v) is 12.4. The van der Waals surface area contributed by atoms with Crippen molar-refractivity contribution in [2.75, 3.05) is 26.3 Å². The van der Waals surface area contributed by atoms with Gasteiger partial charge in [0.2, 0.25) is 0 Å². The third kappa shape index (κ3) is 2.56. The highest BCUT2D eigenvalue weighted by molar-refractivity contribution is 5.96. The molecular formula is C16H19N3O2. The molecule has 0 bridgehead atoms. The highest BCUT2D eigenvalue weighted by atomic mass is 16.5. The molecule has 21 heavy (non-hydrogen) atoms. The van der Waals surface area contributed by atoms with Gasteiger partial charge in [-0.05, 0) is 32.0 Å². The summed E-state index contributed by atoms with van der Waals surface area (Å²) in [5.41, 5.74) is 2.70. The van der Waals surface area contributed by atoms with E-state index in [1.54, 1.807) is 6.20 Å². The van der Waals surface area contributed by atoms with Crippen LogP contribution in [0.1, 0.15) is 21.7 Å². The number of rotatable bonds is 2. The minimum Gasteiger partial charge on any atom is -0.378 e. The standard InChI is InChI=1S/C16H19N3O2/c1-12-11-14(16(20)18-7-9-21-10-8-18)13(2)19(12)15-5-3-4-6-17-15/h3-6,11H,7-10H2,1-2H3. The molecule has 0 atom stereocenters. The zero-order chi connectivity index (χ0) is 14.8. The van der Waals surface area contributed by atoms with Crippen molar-refractivity contribution in [3.63, 3.8) is 0 Å². The van der Waals surface area contributed by atoms with E-state index in [4.69, 9.17) is 4.74 Å². The average Bonchev–Trinajstić information content (AvgIpc) is 2.83. The summed E-state index contributed by atoms with van der Waals surface area (Å²) in [6.07, 6.45) is 1.76. The minimum atomic E-state index is 0.0774. The van der Waals surface area contributed by atoms with Crippen LogP contribution in [-0.4, -0.2) is 46.7 Å². The normalized spacial score (nSPS) is 15.2. The molecule has 1 aliphatic heterocycles. The highest BCUT2D eigenvalue weighted by Crippen LogP contribution is 2.21. The lowest BCUT2D eigenvalue weighted by Crippen LogP contribution is -2.40. The van der Waals surface area contributed by atoms with Crippen LogP contribution in [0.3, 0.4) is 0 Å². The number of ether oxygens (including phenoxy) is 1. The molecule has 0 saturated carbocycles. The number of aryl methyl sites for hydroxylation is 1. The second-order valence-electron chi connectivity index (χ2n) is 5.21. The van der Waals surface area contributed by atoms with Crippen LogP contribution in [0.5, 0.6) is 0 Å². The van der Waals surface area contributed by atoms with Gasteiger partial charge in [0.05, 0.1) is 18.8 Å². The number of aromatic nitrogens is 2. The number of hydrogen-bond donors (Lipinski definition) is 0. The lowest BCUT2D eigenvalue weighted by atomic mass is 10.2. The van der Waals surface area contributed by atoms with Crippen LogP contribution >= 0.6 is 0 Å². The molecule has 5 nitrogen and oxygen atoms in total. The second-order valence-corrected chi connectivity index (χ2v) is 5.21. The summed E-state index contributed by atoms with van der Waals surface area (Å²) in [6, 6.07) is 7.73. The molecule has 0 spiro atoms. The molecule has 1 saturated heterocycles. The number of amides is 1. The summed E-state index contributed by atoms with van der Waals surface area (Å²) < 4.78 is 7.33. The fraction of sp³-hybridized carbons (Fsp3) is 0.375. The number of pyridine rings is 1. The number of carbonyl (C=O) groups excluding carboxylic acids is 1. The molecule has 3 rings (SSSR count). The fourth-order valence-electron chi connectivity index (χ4n) is 2.75. The molecule has 0 unspecified atom stereocenters. The molecule has 1 fully saturated rings. The van der Waals surface area contributed by atoms with E-state index in [-0.39, 0.29) is 5.91 Å². The Kier molecular flexibility index (Phi) is 3.75. The first kappa shape index (κ1) is 13.8. The second kappa shape index (κ2) is 5.69. The van der Waals surface area contributed by atoms with Crippen LogP contribution in [0.15, 0.2) is 30.5 Å². The first-order valence-electron chi connectivity index (χ1n) is 7.16. The van der Waals surface area contributed by atoms with Gasteiger partial charge in [0.25, 0.3) is 5.91 Å².